The molecule has 0 saturated heterocycles. The quantitative estimate of drug-likeness (QED) is 0.641. The Morgan fingerprint density at radius 3 is 2.87 bits per heavy atom. The molecule has 0 atom stereocenters. The number of aromatic nitrogens is 2. The van der Waals surface area contributed by atoms with Crippen molar-refractivity contribution in [1.82, 2.24) is 9.97 Å². The van der Waals surface area contributed by atoms with Gasteiger partial charge in [0, 0.05) is 29.0 Å². The van der Waals surface area contributed by atoms with Crippen LogP contribution in [0.1, 0.15) is 30.9 Å². The predicted octanol–water partition coefficient (Wildman–Crippen LogP) is 5.60. The fraction of sp³-hybridized carbons (Fsp3) is 0.263. The summed E-state index contributed by atoms with van der Waals surface area (Å²) in [6.45, 7) is 4.37. The molecule has 0 bridgehead atoms. The second-order valence-electron chi connectivity index (χ2n) is 5.66. The fourth-order valence-corrected chi connectivity index (χ4v) is 3.23. The maximum atomic E-state index is 4.66. The highest BCUT2D eigenvalue weighted by atomic mass is 32.1. The maximum Gasteiger partial charge on any atom is 0.187 e. The first-order chi connectivity index (χ1) is 11.3. The van der Waals surface area contributed by atoms with E-state index in [2.05, 4.69) is 52.7 Å². The van der Waals surface area contributed by atoms with E-state index in [-0.39, 0.29) is 0 Å². The van der Waals surface area contributed by atoms with Gasteiger partial charge in [-0.25, -0.2) is 4.98 Å². The van der Waals surface area contributed by atoms with Crippen LogP contribution < -0.4 is 5.32 Å². The summed E-state index contributed by atoms with van der Waals surface area (Å²) in [7, 11) is 0. The number of pyridine rings is 1. The summed E-state index contributed by atoms with van der Waals surface area (Å²) in [5.74, 6) is 0. The van der Waals surface area contributed by atoms with Crippen LogP contribution in [0.4, 0.5) is 10.8 Å². The monoisotopic (exact) mass is 323 g/mol. The molecule has 0 amide bonds. The molecule has 0 aliphatic heterocycles. The van der Waals surface area contributed by atoms with Gasteiger partial charge in [0.1, 0.15) is 0 Å². The van der Waals surface area contributed by atoms with Crippen molar-refractivity contribution in [2.24, 2.45) is 0 Å². The molecule has 1 aromatic carbocycles. The van der Waals surface area contributed by atoms with Crippen molar-refractivity contribution in [2.45, 2.75) is 33.1 Å². The van der Waals surface area contributed by atoms with Gasteiger partial charge in [0.05, 0.1) is 5.69 Å². The lowest BCUT2D eigenvalue weighted by atomic mass is 10.0. The Morgan fingerprint density at radius 2 is 2.13 bits per heavy atom. The van der Waals surface area contributed by atoms with Crippen molar-refractivity contribution in [3.05, 3.63) is 59.2 Å². The summed E-state index contributed by atoms with van der Waals surface area (Å²) in [5, 5.41) is 6.40. The standard InChI is InChI=1S/C19H21N3S/c1-3-4-6-15-8-9-17(14(2)11-15)21-19-22-18(13-23-19)16-7-5-10-20-12-16/h5,7-13H,3-4,6H2,1-2H3,(H,21,22). The summed E-state index contributed by atoms with van der Waals surface area (Å²) < 4.78 is 0. The van der Waals surface area contributed by atoms with Gasteiger partial charge in [-0.3, -0.25) is 4.98 Å². The smallest absolute Gasteiger partial charge is 0.187 e. The van der Waals surface area contributed by atoms with E-state index < -0.39 is 0 Å². The second kappa shape index (κ2) is 7.38. The number of aryl methyl sites for hydroxylation is 2. The molecule has 3 nitrogen and oxygen atoms in total. The fourth-order valence-electron chi connectivity index (χ4n) is 2.50. The lowest BCUT2D eigenvalue weighted by molar-refractivity contribution is 0.794. The Balaban J connectivity index is 1.74. The topological polar surface area (TPSA) is 37.8 Å². The number of rotatable bonds is 6. The zero-order chi connectivity index (χ0) is 16.1. The van der Waals surface area contributed by atoms with Crippen molar-refractivity contribution in [1.29, 1.82) is 0 Å². The lowest BCUT2D eigenvalue weighted by Gasteiger charge is -2.09. The predicted molar refractivity (Wildman–Crippen MR) is 98.4 cm³/mol. The third-order valence-corrected chi connectivity index (χ3v) is 4.57. The molecular formula is C19H21N3S. The zero-order valence-electron chi connectivity index (χ0n) is 13.5. The molecular weight excluding hydrogens is 302 g/mol. The molecule has 2 aromatic heterocycles. The molecule has 0 unspecified atom stereocenters. The molecule has 0 spiro atoms. The van der Waals surface area contributed by atoms with Crippen LogP contribution in [0.3, 0.4) is 0 Å². The summed E-state index contributed by atoms with van der Waals surface area (Å²) >= 11 is 1.62. The SMILES string of the molecule is CCCCc1ccc(Nc2nc(-c3cccnc3)cs2)c(C)c1. The van der Waals surface area contributed by atoms with Gasteiger partial charge in [-0.15, -0.1) is 11.3 Å². The summed E-state index contributed by atoms with van der Waals surface area (Å²) in [6.07, 6.45) is 7.24. The Hall–Kier alpha value is -2.20. The average Bonchev–Trinajstić information content (AvgIpc) is 3.05. The van der Waals surface area contributed by atoms with Crippen LogP contribution in [0, 0.1) is 6.92 Å². The summed E-state index contributed by atoms with van der Waals surface area (Å²) in [5.41, 5.74) is 5.80. The van der Waals surface area contributed by atoms with Gasteiger partial charge in [-0.2, -0.15) is 0 Å². The third kappa shape index (κ3) is 3.96. The van der Waals surface area contributed by atoms with Crippen molar-refractivity contribution in [3.8, 4) is 11.3 Å². The molecule has 0 radical (unpaired) electrons. The third-order valence-electron chi connectivity index (χ3n) is 3.81. The maximum absolute atomic E-state index is 4.66. The van der Waals surface area contributed by atoms with Crippen molar-refractivity contribution >= 4 is 22.2 Å². The van der Waals surface area contributed by atoms with Gasteiger partial charge in [0.25, 0.3) is 0 Å². The molecule has 4 heteroatoms. The van der Waals surface area contributed by atoms with Crippen LogP contribution in [0.2, 0.25) is 0 Å². The minimum atomic E-state index is 0.910. The van der Waals surface area contributed by atoms with Crippen molar-refractivity contribution < 1.29 is 0 Å². The average molecular weight is 323 g/mol. The molecule has 2 heterocycles. The second-order valence-corrected chi connectivity index (χ2v) is 6.52. The van der Waals surface area contributed by atoms with Crippen LogP contribution >= 0.6 is 11.3 Å². The largest absolute Gasteiger partial charge is 0.331 e. The Morgan fingerprint density at radius 1 is 1.22 bits per heavy atom. The van der Waals surface area contributed by atoms with Gasteiger partial charge in [-0.05, 0) is 49.1 Å². The van der Waals surface area contributed by atoms with Crippen LogP contribution in [0.25, 0.3) is 11.3 Å². The van der Waals surface area contributed by atoms with E-state index in [9.17, 15) is 0 Å². The number of unbranched alkanes of at least 4 members (excludes halogenated alkanes) is 1. The zero-order valence-corrected chi connectivity index (χ0v) is 14.4. The van der Waals surface area contributed by atoms with E-state index in [1.54, 1.807) is 17.5 Å². The van der Waals surface area contributed by atoms with E-state index in [0.717, 1.165) is 28.5 Å². The van der Waals surface area contributed by atoms with Gasteiger partial charge >= 0.3 is 0 Å². The molecule has 0 fully saturated rings. The molecule has 3 aromatic rings. The number of hydrogen-bond donors (Lipinski definition) is 1. The van der Waals surface area contributed by atoms with E-state index in [1.807, 2.05) is 18.3 Å². The summed E-state index contributed by atoms with van der Waals surface area (Å²) in [4.78, 5) is 8.80. The minimum absolute atomic E-state index is 0.910. The first-order valence-corrected chi connectivity index (χ1v) is 8.86. The number of hydrogen-bond acceptors (Lipinski definition) is 4. The van der Waals surface area contributed by atoms with E-state index in [0.29, 0.717) is 0 Å². The molecule has 118 valence electrons. The van der Waals surface area contributed by atoms with E-state index in [1.165, 1.54) is 24.0 Å². The number of anilines is 2. The molecule has 0 saturated carbocycles. The van der Waals surface area contributed by atoms with Gasteiger partial charge < -0.3 is 5.32 Å². The van der Waals surface area contributed by atoms with Crippen molar-refractivity contribution in [2.75, 3.05) is 5.32 Å². The van der Waals surface area contributed by atoms with Gasteiger partial charge in [0.2, 0.25) is 0 Å². The number of benzene rings is 1. The molecule has 0 aliphatic carbocycles. The normalized spacial score (nSPS) is 10.7. The first-order valence-electron chi connectivity index (χ1n) is 7.98. The van der Waals surface area contributed by atoms with Crippen LogP contribution in [-0.4, -0.2) is 9.97 Å². The minimum Gasteiger partial charge on any atom is -0.331 e. The number of nitrogens with one attached hydrogen (secondary N) is 1. The van der Waals surface area contributed by atoms with Gasteiger partial charge in [-0.1, -0.05) is 25.5 Å². The van der Waals surface area contributed by atoms with E-state index in [4.69, 9.17) is 0 Å². The molecule has 0 aliphatic rings. The number of nitrogens with zero attached hydrogens (tertiary/aromatic N) is 2. The highest BCUT2D eigenvalue weighted by Gasteiger charge is 2.06. The van der Waals surface area contributed by atoms with Crippen LogP contribution in [0.15, 0.2) is 48.1 Å². The lowest BCUT2D eigenvalue weighted by Crippen LogP contribution is -1.94. The highest BCUT2D eigenvalue weighted by molar-refractivity contribution is 7.14. The van der Waals surface area contributed by atoms with Crippen LogP contribution in [0.5, 0.6) is 0 Å². The Bertz CT molecular complexity index is 765. The Labute approximate surface area is 141 Å². The number of thiazole rings is 1. The first kappa shape index (κ1) is 15.7. The van der Waals surface area contributed by atoms with Gasteiger partial charge in [0.15, 0.2) is 5.13 Å². The molecule has 23 heavy (non-hydrogen) atoms. The molecule has 1 N–H and O–H groups in total. The summed E-state index contributed by atoms with van der Waals surface area (Å²) in [6, 6.07) is 10.6. The Kier molecular flexibility index (Phi) is 5.03. The van der Waals surface area contributed by atoms with Crippen molar-refractivity contribution in [3.63, 3.8) is 0 Å². The van der Waals surface area contributed by atoms with E-state index >= 15 is 0 Å². The molecule has 3 rings (SSSR count). The van der Waals surface area contributed by atoms with Crippen LogP contribution in [-0.2, 0) is 6.42 Å². The highest BCUT2D eigenvalue weighted by Crippen LogP contribution is 2.28.